The number of likely N-dealkylation sites (tertiary alicyclic amines) is 1. The van der Waals surface area contributed by atoms with Gasteiger partial charge in [0.05, 0.1) is 53.6 Å². The Morgan fingerprint density at radius 2 is 0.844 bits per heavy atom. The summed E-state index contributed by atoms with van der Waals surface area (Å²) in [5, 5.41) is 0. The normalized spacial score (nSPS) is 17.4. The first-order valence-electron chi connectivity index (χ1n) is 27.8. The fraction of sp³-hybridized carbons (Fsp3) is 0.737. The predicted octanol–water partition coefficient (Wildman–Crippen LogP) is 8.39. The monoisotopic (exact) mass is 2240 g/mol. The maximum Gasteiger partial charge on any atom is 2.00 e. The van der Waals surface area contributed by atoms with Gasteiger partial charge in [-0.25, -0.2) is 14.0 Å². The second-order valence-corrected chi connectivity index (χ2v) is 26.9. The van der Waals surface area contributed by atoms with E-state index in [0.29, 0.717) is 0 Å². The molecule has 5 fully saturated rings. The van der Waals surface area contributed by atoms with Crippen LogP contribution in [-0.2, 0) is 0 Å². The van der Waals surface area contributed by atoms with Crippen molar-refractivity contribution in [3.8, 4) is 0 Å². The molecule has 20 heteroatoms. The molecule has 5 saturated heterocycles. The van der Waals surface area contributed by atoms with Crippen molar-refractivity contribution >= 4 is 32.9 Å². The fourth-order valence-electron chi connectivity index (χ4n) is 10.1. The van der Waals surface area contributed by atoms with Gasteiger partial charge < -0.3 is 83.6 Å². The average molecular weight is 2240 g/mol. The summed E-state index contributed by atoms with van der Waals surface area (Å²) in [5.74, 6) is 4.07. The van der Waals surface area contributed by atoms with Gasteiger partial charge >= 0.3 is 156 Å². The van der Waals surface area contributed by atoms with Gasteiger partial charge in [-0.15, -0.1) is 14.0 Å². The number of rotatable bonds is 17. The van der Waals surface area contributed by atoms with E-state index < -0.39 is 15.4 Å². The fourth-order valence-corrected chi connectivity index (χ4v) is 17.6. The van der Waals surface area contributed by atoms with Gasteiger partial charge in [0.25, 0.3) is 0 Å². The van der Waals surface area contributed by atoms with Crippen molar-refractivity contribution in [1.82, 2.24) is 47.6 Å². The maximum atomic E-state index is 4.00. The molecule has 0 bridgehead atoms. The Labute approximate surface area is 600 Å². The summed E-state index contributed by atoms with van der Waals surface area (Å²) in [6.45, 7) is 79.3. The Morgan fingerprint density at radius 1 is 0.532 bits per heavy atom. The topological polar surface area (TPSA) is 41.4 Å². The quantitative estimate of drug-likeness (QED) is 0.0467. The van der Waals surface area contributed by atoms with Crippen LogP contribution in [0.25, 0.3) is 0 Å². The first kappa shape index (κ1) is 89.6. The molecule has 0 amide bonds. The smallest absolute Gasteiger partial charge is 0.382 e. The minimum atomic E-state index is -1.67. The molecule has 0 aromatic heterocycles. The van der Waals surface area contributed by atoms with Crippen LogP contribution in [0.2, 0.25) is 0 Å². The zero-order valence-electron chi connectivity index (χ0n) is 51.6. The minimum absolute atomic E-state index is 0. The van der Waals surface area contributed by atoms with Gasteiger partial charge in [-0.3, -0.25) is 19.0 Å². The molecule has 6 aliphatic rings. The van der Waals surface area contributed by atoms with Crippen LogP contribution in [0.3, 0.4) is 0 Å². The number of hydrogen-bond donors (Lipinski definition) is 0. The van der Waals surface area contributed by atoms with Crippen LogP contribution in [0.1, 0.15) is 91.9 Å². The number of likely N-dealkylation sites (N-methyl/N-ethyl adjacent to an activating group) is 2. The van der Waals surface area contributed by atoms with E-state index in [9.17, 15) is 0 Å². The van der Waals surface area contributed by atoms with Crippen molar-refractivity contribution in [2.75, 3.05) is 186 Å². The number of nitrogens with zero attached hydrogens (tertiary/aromatic N) is 13. The van der Waals surface area contributed by atoms with E-state index in [1.165, 1.54) is 154 Å². The summed E-state index contributed by atoms with van der Waals surface area (Å²) in [6, 6.07) is 0. The molecule has 0 atom stereocenters. The Hall–Kier alpha value is 3.83. The van der Waals surface area contributed by atoms with Crippen molar-refractivity contribution in [2.24, 2.45) is 0 Å². The minimum Gasteiger partial charge on any atom is -0.382 e. The molecule has 6 heterocycles. The van der Waals surface area contributed by atoms with Crippen molar-refractivity contribution in [2.45, 2.75) is 91.9 Å². The van der Waals surface area contributed by atoms with Crippen LogP contribution in [0.4, 0.5) is 0 Å². The third kappa shape index (κ3) is 29.6. The molecule has 0 spiro atoms. The van der Waals surface area contributed by atoms with E-state index in [1.54, 1.807) is 0 Å². The summed E-state index contributed by atoms with van der Waals surface area (Å²) < 4.78 is 22.4. The average Bonchev–Trinajstić information content (AvgIpc) is 4.25. The third-order valence-electron chi connectivity index (χ3n) is 15.8. The molecular weight excluding hydrogens is 2120 g/mol. The van der Waals surface area contributed by atoms with Gasteiger partial charge in [0.15, 0.2) is 0 Å². The molecule has 0 aromatic rings. The van der Waals surface area contributed by atoms with Crippen molar-refractivity contribution in [3.63, 3.8) is 0 Å². The van der Waals surface area contributed by atoms with Crippen LogP contribution in [0.5, 0.6) is 0 Å². The van der Waals surface area contributed by atoms with E-state index >= 15 is 0 Å². The Kier molecular flexibility index (Phi) is 59.1. The van der Waals surface area contributed by atoms with Crippen molar-refractivity contribution in [1.29, 1.82) is 0 Å². The van der Waals surface area contributed by atoms with Crippen molar-refractivity contribution < 1.29 is 169 Å². The molecule has 0 unspecified atom stereocenters. The number of amidine groups is 3. The molecule has 434 valence electrons. The molecule has 77 heavy (non-hydrogen) atoms. The zero-order valence-corrected chi connectivity index (χ0v) is 74.2. The van der Waals surface area contributed by atoms with Gasteiger partial charge in [-0.05, 0) is 97.3 Å². The first-order chi connectivity index (χ1) is 34.3. The van der Waals surface area contributed by atoms with Crippen molar-refractivity contribution in [3.05, 3.63) is 81.5 Å². The molecule has 0 radical (unpaired) electrons. The van der Waals surface area contributed by atoms with Crippen LogP contribution < -0.4 is 0 Å². The zero-order chi connectivity index (χ0) is 54.4. The van der Waals surface area contributed by atoms with E-state index in [-0.39, 0.29) is 156 Å². The van der Waals surface area contributed by atoms with E-state index in [0.717, 1.165) is 77.0 Å². The van der Waals surface area contributed by atoms with Crippen LogP contribution in [0, 0.1) is 225 Å². The molecule has 6 aliphatic heterocycles. The summed E-state index contributed by atoms with van der Waals surface area (Å²) in [4.78, 5) is 8.88. The van der Waals surface area contributed by atoms with E-state index in [1.807, 2.05) is 32.8 Å². The third-order valence-corrected chi connectivity index (χ3v) is 24.6. The SMILES string of the molecule is C=C(C)N(C)C.CC(N1CCCC1)=[N+]1CCCC1.CC1=[N+](C)CCN1C.C[P+](N1CCCC1)(N1CCCC1)N1CCCC1.[CH2-]CN(C[CH2-])C(C)=[N+](C[CH2-])C[CH2-].[CH2-]CN(C[CH2-])[P+](C)(N(C[CH2-])C[CH2-])N(C[CH2-])C[CH2-].[U+2].[U+2].[U+2].[U+2].[U+2]. The Balaban J connectivity index is -0.000000273. The predicted molar refractivity (Wildman–Crippen MR) is 322 cm³/mol. The maximum absolute atomic E-state index is 4.00. The molecule has 0 aliphatic carbocycles. The van der Waals surface area contributed by atoms with Gasteiger partial charge in [0.1, 0.15) is 13.1 Å². The first-order valence-corrected chi connectivity index (χ1v) is 31.9. The van der Waals surface area contributed by atoms with Crippen LogP contribution in [-0.4, -0.2) is 264 Å². The summed E-state index contributed by atoms with van der Waals surface area (Å²) in [6.07, 6.45) is 14.1. The Morgan fingerprint density at radius 3 is 1.06 bits per heavy atom. The van der Waals surface area contributed by atoms with E-state index in [4.69, 9.17) is 0 Å². The second-order valence-electron chi connectivity index (χ2n) is 20.1. The van der Waals surface area contributed by atoms with Gasteiger partial charge in [0.2, 0.25) is 32.9 Å². The number of hydrogen-bond acceptors (Lipinski definition) is 8. The molecule has 6 rings (SSSR count). The summed E-state index contributed by atoms with van der Waals surface area (Å²) >= 11 is 0. The summed E-state index contributed by atoms with van der Waals surface area (Å²) in [7, 11) is 5.41. The molecule has 0 N–H and O–H groups in total. The largest absolute Gasteiger partial charge is 2.00 e. The van der Waals surface area contributed by atoms with Crippen LogP contribution >= 0.6 is 15.4 Å². The van der Waals surface area contributed by atoms with Crippen LogP contribution in [0.15, 0.2) is 12.3 Å². The Bertz CT molecular complexity index is 1450. The number of allylic oxidation sites excluding steroid dienone is 1. The molecule has 13 nitrogen and oxygen atoms in total. The summed E-state index contributed by atoms with van der Waals surface area (Å²) in [5.41, 5.74) is 1.09. The van der Waals surface area contributed by atoms with Gasteiger partial charge in [0, 0.05) is 79.8 Å². The standard InChI is InChI=1S/2C13H27N3P.2C10H19N2.C6H13N2.C5H11N.5U/c1-17(14-8-2-3-9-14,15-10-4-5-11-15)16-12-6-7-13-16;1-8-14(9-2)17(7,15(10-3)11-4)16(12-5)13-6;1-10(11-6-2-3-7-11)12-8-4-5-9-12;1-6-11(7-2)10(5)12(8-3)9-4;1-6-7(2)4-5-8(6)3;1-5(2)6(3)4;;;;;/h2-13H2,1H3;1-6,8-13H2,7H3;2-9H2,1H3;1-4,6-9H2,5H3;4-5H2,1-3H3;1H2,2-4H3;;;;;/q+1;-5;+1;-3;+1;;5*+2. The molecule has 0 saturated carbocycles. The van der Waals surface area contributed by atoms with Gasteiger partial charge in [-0.2, -0.15) is 0 Å². The second kappa shape index (κ2) is 50.8. The van der Waals surface area contributed by atoms with E-state index in [2.05, 4.69) is 174 Å². The van der Waals surface area contributed by atoms with Gasteiger partial charge in [-0.1, -0.05) is 45.8 Å². The molecule has 0 aromatic carbocycles. The molecular formula is C57H116N13P2U5+5.